The first-order chi connectivity index (χ1) is 18.7. The van der Waals surface area contributed by atoms with Gasteiger partial charge in [-0.2, -0.15) is 5.10 Å². The number of aromatic nitrogens is 5. The van der Waals surface area contributed by atoms with E-state index >= 15 is 0 Å². The van der Waals surface area contributed by atoms with Crippen molar-refractivity contribution in [3.8, 4) is 11.3 Å². The number of pyridine rings is 2. The van der Waals surface area contributed by atoms with Gasteiger partial charge in [-0.25, -0.2) is 19.5 Å². The molecular formula is C28H25N7O3. The Hall–Kier alpha value is -4.83. The van der Waals surface area contributed by atoms with Gasteiger partial charge in [0.2, 0.25) is 0 Å². The van der Waals surface area contributed by atoms with Gasteiger partial charge in [0.05, 0.1) is 42.0 Å². The van der Waals surface area contributed by atoms with E-state index in [1.165, 1.54) is 0 Å². The Morgan fingerprint density at radius 3 is 2.71 bits per heavy atom. The molecule has 38 heavy (non-hydrogen) atoms. The van der Waals surface area contributed by atoms with Gasteiger partial charge >= 0.3 is 5.97 Å². The molecule has 2 N–H and O–H groups in total. The summed E-state index contributed by atoms with van der Waals surface area (Å²) in [6, 6.07) is 17.7. The van der Waals surface area contributed by atoms with Gasteiger partial charge in [0.15, 0.2) is 5.65 Å². The Kier molecular flexibility index (Phi) is 6.37. The number of carbonyl (C=O) groups is 1. The number of carboxylic acids is 1. The third-order valence-electron chi connectivity index (χ3n) is 6.37. The lowest BCUT2D eigenvalue weighted by Gasteiger charge is -2.28. The van der Waals surface area contributed by atoms with Crippen molar-refractivity contribution in [2.75, 3.05) is 43.1 Å². The first kappa shape index (κ1) is 23.6. The molecule has 5 heterocycles. The Morgan fingerprint density at radius 2 is 1.89 bits per heavy atom. The third-order valence-corrected chi connectivity index (χ3v) is 6.37. The molecular weight excluding hydrogens is 482 g/mol. The lowest BCUT2D eigenvalue weighted by molar-refractivity contribution is -0.134. The second kappa shape index (κ2) is 10.3. The van der Waals surface area contributed by atoms with Crippen LogP contribution in [0.1, 0.15) is 11.4 Å². The van der Waals surface area contributed by atoms with E-state index in [-0.39, 0.29) is 6.54 Å². The van der Waals surface area contributed by atoms with E-state index < -0.39 is 5.97 Å². The zero-order valence-electron chi connectivity index (χ0n) is 20.5. The van der Waals surface area contributed by atoms with Crippen LogP contribution < -0.4 is 10.2 Å². The molecule has 4 aromatic heterocycles. The molecule has 1 aliphatic rings. The SMILES string of the molecule is O=C(O)CNc1ccc(-c2c(C=Cc3ccc4ccccc4n3)nc3c(N4CCOCC4)ccnn23)cn1. The molecule has 0 bridgehead atoms. The summed E-state index contributed by atoms with van der Waals surface area (Å²) in [7, 11) is 0. The fourth-order valence-electron chi connectivity index (χ4n) is 4.53. The Morgan fingerprint density at radius 1 is 1.03 bits per heavy atom. The van der Waals surface area contributed by atoms with E-state index in [4.69, 9.17) is 19.8 Å². The summed E-state index contributed by atoms with van der Waals surface area (Å²) in [4.78, 5) is 27.3. The standard InChI is InChI=1S/C28H25N7O3/c36-26(37)18-30-25-10-6-20(17-29-25)27-23(9-8-21-7-5-19-3-1-2-4-22(19)32-21)33-28-24(11-12-31-35(27)28)34-13-15-38-16-14-34/h1-12,17H,13-16,18H2,(H,29,30)(H,36,37). The summed E-state index contributed by atoms with van der Waals surface area (Å²) in [5.74, 6) is -0.475. The summed E-state index contributed by atoms with van der Waals surface area (Å²) in [6.07, 6.45) is 7.36. The molecule has 5 aromatic rings. The molecule has 1 aliphatic heterocycles. The van der Waals surface area contributed by atoms with Crippen LogP contribution in [0.5, 0.6) is 0 Å². The van der Waals surface area contributed by atoms with Gasteiger partial charge in [0, 0.05) is 30.2 Å². The van der Waals surface area contributed by atoms with Gasteiger partial charge in [-0.05, 0) is 42.5 Å². The number of morpholine rings is 1. The molecule has 1 fully saturated rings. The minimum atomic E-state index is -0.952. The molecule has 1 aromatic carbocycles. The number of hydrogen-bond acceptors (Lipinski definition) is 8. The van der Waals surface area contributed by atoms with Crippen LogP contribution in [0.3, 0.4) is 0 Å². The Bertz CT molecular complexity index is 1640. The molecule has 6 rings (SSSR count). The first-order valence-corrected chi connectivity index (χ1v) is 12.3. The number of nitrogens with one attached hydrogen (secondary N) is 1. The highest BCUT2D eigenvalue weighted by molar-refractivity contribution is 5.84. The molecule has 0 aliphatic carbocycles. The largest absolute Gasteiger partial charge is 0.480 e. The average Bonchev–Trinajstić information content (AvgIpc) is 3.34. The van der Waals surface area contributed by atoms with Crippen LogP contribution >= 0.6 is 0 Å². The van der Waals surface area contributed by atoms with Crippen molar-refractivity contribution in [1.82, 2.24) is 24.6 Å². The summed E-state index contributed by atoms with van der Waals surface area (Å²) in [6.45, 7) is 2.67. The number of fused-ring (bicyclic) bond motifs is 2. The number of aliphatic carboxylic acids is 1. The fraction of sp³-hybridized carbons (Fsp3) is 0.179. The normalized spacial score (nSPS) is 13.9. The number of hydrogen-bond donors (Lipinski definition) is 2. The maximum Gasteiger partial charge on any atom is 0.322 e. The van der Waals surface area contributed by atoms with Gasteiger partial charge in [-0.3, -0.25) is 4.79 Å². The molecule has 10 heteroatoms. The van der Waals surface area contributed by atoms with Gasteiger partial charge in [-0.15, -0.1) is 0 Å². The van der Waals surface area contributed by atoms with Gasteiger partial charge in [0.25, 0.3) is 0 Å². The van der Waals surface area contributed by atoms with Gasteiger partial charge < -0.3 is 20.1 Å². The van der Waals surface area contributed by atoms with Crippen LogP contribution in [0.2, 0.25) is 0 Å². The third kappa shape index (κ3) is 4.76. The van der Waals surface area contributed by atoms with E-state index in [0.29, 0.717) is 19.0 Å². The van der Waals surface area contributed by atoms with Crippen LogP contribution in [-0.2, 0) is 9.53 Å². The van der Waals surface area contributed by atoms with Crippen LogP contribution in [0, 0.1) is 0 Å². The number of nitrogens with zero attached hydrogens (tertiary/aromatic N) is 6. The number of imidazole rings is 1. The minimum absolute atomic E-state index is 0.209. The van der Waals surface area contributed by atoms with E-state index in [2.05, 4.69) is 26.4 Å². The Labute approximate surface area is 218 Å². The van der Waals surface area contributed by atoms with E-state index in [1.54, 1.807) is 18.5 Å². The highest BCUT2D eigenvalue weighted by atomic mass is 16.5. The number of carboxylic acid groups (broad SMARTS) is 1. The Balaban J connectivity index is 1.43. The molecule has 0 spiro atoms. The van der Waals surface area contributed by atoms with Crippen molar-refractivity contribution in [2.24, 2.45) is 0 Å². The van der Waals surface area contributed by atoms with Crippen molar-refractivity contribution in [3.63, 3.8) is 0 Å². The second-order valence-corrected chi connectivity index (χ2v) is 8.84. The summed E-state index contributed by atoms with van der Waals surface area (Å²) in [5, 5.41) is 17.5. The van der Waals surface area contributed by atoms with Gasteiger partial charge in [-0.1, -0.05) is 24.3 Å². The lowest BCUT2D eigenvalue weighted by atomic mass is 10.1. The van der Waals surface area contributed by atoms with Crippen molar-refractivity contribution in [3.05, 3.63) is 78.4 Å². The predicted molar refractivity (Wildman–Crippen MR) is 146 cm³/mol. The zero-order valence-corrected chi connectivity index (χ0v) is 20.5. The zero-order chi connectivity index (χ0) is 25.9. The monoisotopic (exact) mass is 507 g/mol. The maximum absolute atomic E-state index is 10.9. The number of anilines is 2. The number of para-hydroxylation sites is 1. The molecule has 0 radical (unpaired) electrons. The molecule has 10 nitrogen and oxygen atoms in total. The van der Waals surface area contributed by atoms with Crippen molar-refractivity contribution >= 4 is 46.2 Å². The summed E-state index contributed by atoms with van der Waals surface area (Å²) < 4.78 is 7.37. The van der Waals surface area contributed by atoms with Crippen LogP contribution in [0.15, 0.2) is 67.0 Å². The highest BCUT2D eigenvalue weighted by Crippen LogP contribution is 2.31. The lowest BCUT2D eigenvalue weighted by Crippen LogP contribution is -2.36. The summed E-state index contributed by atoms with van der Waals surface area (Å²) in [5.41, 5.74) is 5.78. The maximum atomic E-state index is 10.9. The van der Waals surface area contributed by atoms with Crippen LogP contribution in [-0.4, -0.2) is 68.5 Å². The smallest absolute Gasteiger partial charge is 0.322 e. The predicted octanol–water partition coefficient (Wildman–Crippen LogP) is 3.84. The molecule has 0 atom stereocenters. The number of ether oxygens (including phenoxy) is 1. The first-order valence-electron chi connectivity index (χ1n) is 12.3. The van der Waals surface area contributed by atoms with Crippen molar-refractivity contribution in [2.45, 2.75) is 0 Å². The number of benzene rings is 1. The molecule has 0 unspecified atom stereocenters. The average molecular weight is 508 g/mol. The summed E-state index contributed by atoms with van der Waals surface area (Å²) >= 11 is 0. The quantitative estimate of drug-likeness (QED) is 0.339. The highest BCUT2D eigenvalue weighted by Gasteiger charge is 2.20. The van der Waals surface area contributed by atoms with Crippen LogP contribution in [0.25, 0.3) is 40.0 Å². The van der Waals surface area contributed by atoms with E-state index in [9.17, 15) is 4.79 Å². The molecule has 0 saturated carbocycles. The van der Waals surface area contributed by atoms with E-state index in [0.717, 1.165) is 58.0 Å². The topological polar surface area (TPSA) is 118 Å². The number of rotatable bonds is 7. The van der Waals surface area contributed by atoms with Crippen molar-refractivity contribution < 1.29 is 14.6 Å². The van der Waals surface area contributed by atoms with Crippen LogP contribution in [0.4, 0.5) is 11.5 Å². The van der Waals surface area contributed by atoms with Crippen molar-refractivity contribution in [1.29, 1.82) is 0 Å². The molecule has 1 saturated heterocycles. The fourth-order valence-corrected chi connectivity index (χ4v) is 4.53. The molecule has 190 valence electrons. The second-order valence-electron chi connectivity index (χ2n) is 8.84. The molecule has 0 amide bonds. The van der Waals surface area contributed by atoms with Gasteiger partial charge in [0.1, 0.15) is 18.1 Å². The minimum Gasteiger partial charge on any atom is -0.480 e. The van der Waals surface area contributed by atoms with E-state index in [1.807, 2.05) is 59.1 Å².